The minimum Gasteiger partial charge on any atom is -0.346 e. The molecule has 0 bridgehead atoms. The molecule has 5 heteroatoms. The van der Waals surface area contributed by atoms with Crippen LogP contribution in [-0.2, 0) is 4.79 Å². The van der Waals surface area contributed by atoms with E-state index in [-0.39, 0.29) is 5.91 Å². The van der Waals surface area contributed by atoms with Crippen molar-refractivity contribution in [2.75, 3.05) is 5.01 Å². The fraction of sp³-hybridized carbons (Fsp3) is 0.300. The number of anilines is 1. The van der Waals surface area contributed by atoms with Crippen LogP contribution in [0.1, 0.15) is 42.8 Å². The van der Waals surface area contributed by atoms with Gasteiger partial charge in [-0.05, 0) is 75.6 Å². The third-order valence-corrected chi connectivity index (χ3v) is 5.12. The van der Waals surface area contributed by atoms with E-state index in [0.29, 0.717) is 16.6 Å². The first-order valence-corrected chi connectivity index (χ1v) is 8.89. The Bertz CT molecular complexity index is 917. The first-order valence-electron chi connectivity index (χ1n) is 8.51. The van der Waals surface area contributed by atoms with Crippen molar-refractivity contribution in [3.8, 4) is 0 Å². The van der Waals surface area contributed by atoms with E-state index in [1.807, 2.05) is 13.0 Å². The molecule has 25 heavy (non-hydrogen) atoms. The fourth-order valence-corrected chi connectivity index (χ4v) is 3.57. The SMILES string of the molecule is CC1=NN(c2ccc(Cl)cc2)C(=O)C1=Cc1cc(C)n(C2CC2)c1C. The molecule has 0 spiro atoms. The van der Waals surface area contributed by atoms with Crippen LogP contribution in [0.3, 0.4) is 0 Å². The number of carbonyl (C=O) groups excluding carboxylic acids is 1. The van der Waals surface area contributed by atoms with Crippen molar-refractivity contribution in [2.45, 2.75) is 39.7 Å². The zero-order valence-corrected chi connectivity index (χ0v) is 15.3. The van der Waals surface area contributed by atoms with E-state index in [4.69, 9.17) is 11.6 Å². The molecule has 0 unspecified atom stereocenters. The van der Waals surface area contributed by atoms with Gasteiger partial charge in [-0.1, -0.05) is 11.6 Å². The van der Waals surface area contributed by atoms with Crippen molar-refractivity contribution >= 4 is 35.0 Å². The van der Waals surface area contributed by atoms with Crippen molar-refractivity contribution in [1.29, 1.82) is 0 Å². The highest BCUT2D eigenvalue weighted by Gasteiger charge is 2.30. The summed E-state index contributed by atoms with van der Waals surface area (Å²) >= 11 is 5.93. The molecule has 1 saturated carbocycles. The molecule has 128 valence electrons. The van der Waals surface area contributed by atoms with Gasteiger partial charge in [0.05, 0.1) is 17.0 Å². The summed E-state index contributed by atoms with van der Waals surface area (Å²) in [5.41, 5.74) is 5.67. The van der Waals surface area contributed by atoms with Gasteiger partial charge >= 0.3 is 0 Å². The average Bonchev–Trinajstić information content (AvgIpc) is 3.31. The van der Waals surface area contributed by atoms with Crippen LogP contribution in [0.15, 0.2) is 41.0 Å². The van der Waals surface area contributed by atoms with Crippen LogP contribution < -0.4 is 5.01 Å². The van der Waals surface area contributed by atoms with Crippen LogP contribution in [0.5, 0.6) is 0 Å². The van der Waals surface area contributed by atoms with E-state index in [1.54, 1.807) is 24.3 Å². The van der Waals surface area contributed by atoms with Gasteiger partial charge in [-0.3, -0.25) is 4.79 Å². The van der Waals surface area contributed by atoms with Gasteiger partial charge in [0.1, 0.15) is 0 Å². The normalized spacial score (nSPS) is 19.0. The zero-order valence-electron chi connectivity index (χ0n) is 14.6. The van der Waals surface area contributed by atoms with Crippen molar-refractivity contribution < 1.29 is 4.79 Å². The number of aryl methyl sites for hydroxylation is 1. The standard InChI is InChI=1S/C20H20ClN3O/c1-12-10-15(14(3)23(12)17-8-9-17)11-19-13(2)22-24(20(19)25)18-6-4-16(21)5-7-18/h4-7,10-11,17H,8-9H2,1-3H3. The van der Waals surface area contributed by atoms with Crippen molar-refractivity contribution in [3.05, 3.63) is 57.9 Å². The summed E-state index contributed by atoms with van der Waals surface area (Å²) in [6.45, 7) is 6.13. The molecular formula is C20H20ClN3O. The minimum atomic E-state index is -0.101. The van der Waals surface area contributed by atoms with Crippen LogP contribution in [0.25, 0.3) is 6.08 Å². The van der Waals surface area contributed by atoms with Gasteiger partial charge in [-0.15, -0.1) is 0 Å². The maximum absolute atomic E-state index is 12.9. The highest BCUT2D eigenvalue weighted by atomic mass is 35.5. The number of halogens is 1. The highest BCUT2D eigenvalue weighted by Crippen LogP contribution is 2.39. The predicted octanol–water partition coefficient (Wildman–Crippen LogP) is 4.90. The zero-order chi connectivity index (χ0) is 17.7. The highest BCUT2D eigenvalue weighted by molar-refractivity contribution is 6.32. The molecule has 1 amide bonds. The molecule has 2 aliphatic rings. The number of benzene rings is 1. The third kappa shape index (κ3) is 2.81. The second-order valence-corrected chi connectivity index (χ2v) is 7.20. The number of hydrogen-bond donors (Lipinski definition) is 0. The van der Waals surface area contributed by atoms with E-state index in [0.717, 1.165) is 17.0 Å². The number of hydrogen-bond acceptors (Lipinski definition) is 2. The molecule has 4 nitrogen and oxygen atoms in total. The second-order valence-electron chi connectivity index (χ2n) is 6.76. The summed E-state index contributed by atoms with van der Waals surface area (Å²) in [4.78, 5) is 12.9. The number of carbonyl (C=O) groups is 1. The van der Waals surface area contributed by atoms with E-state index >= 15 is 0 Å². The lowest BCUT2D eigenvalue weighted by atomic mass is 10.1. The number of nitrogens with zero attached hydrogens (tertiary/aromatic N) is 3. The fourth-order valence-electron chi connectivity index (χ4n) is 3.44. The molecular weight excluding hydrogens is 334 g/mol. The van der Waals surface area contributed by atoms with Crippen molar-refractivity contribution in [3.63, 3.8) is 0 Å². The van der Waals surface area contributed by atoms with Crippen LogP contribution in [-0.4, -0.2) is 16.2 Å². The molecule has 0 atom stereocenters. The Hall–Kier alpha value is -2.33. The first-order chi connectivity index (χ1) is 12.0. The van der Waals surface area contributed by atoms with Gasteiger partial charge in [0.25, 0.3) is 5.91 Å². The Morgan fingerprint density at radius 3 is 2.48 bits per heavy atom. The van der Waals surface area contributed by atoms with E-state index in [9.17, 15) is 4.79 Å². The Labute approximate surface area is 152 Å². The number of hydrazone groups is 1. The molecule has 2 heterocycles. The largest absolute Gasteiger partial charge is 0.346 e. The van der Waals surface area contributed by atoms with Crippen molar-refractivity contribution in [1.82, 2.24) is 4.57 Å². The van der Waals surface area contributed by atoms with Gasteiger partial charge in [0.15, 0.2) is 0 Å². The van der Waals surface area contributed by atoms with E-state index in [1.165, 1.54) is 29.2 Å². The van der Waals surface area contributed by atoms with Crippen LogP contribution in [0.2, 0.25) is 5.02 Å². The minimum absolute atomic E-state index is 0.101. The Balaban J connectivity index is 1.68. The monoisotopic (exact) mass is 353 g/mol. The number of aromatic nitrogens is 1. The summed E-state index contributed by atoms with van der Waals surface area (Å²) in [7, 11) is 0. The molecule has 1 aliphatic carbocycles. The van der Waals surface area contributed by atoms with Crippen molar-refractivity contribution in [2.24, 2.45) is 5.10 Å². The molecule has 4 rings (SSSR count). The summed E-state index contributed by atoms with van der Waals surface area (Å²) in [6, 6.07) is 9.93. The molecule has 0 saturated heterocycles. The lowest BCUT2D eigenvalue weighted by Gasteiger charge is -2.11. The predicted molar refractivity (Wildman–Crippen MR) is 102 cm³/mol. The molecule has 0 N–H and O–H groups in total. The number of rotatable bonds is 3. The van der Waals surface area contributed by atoms with E-state index < -0.39 is 0 Å². The Morgan fingerprint density at radius 2 is 1.84 bits per heavy atom. The maximum atomic E-state index is 12.9. The summed E-state index contributed by atoms with van der Waals surface area (Å²) in [5, 5.41) is 6.52. The second kappa shape index (κ2) is 5.88. The quantitative estimate of drug-likeness (QED) is 0.723. The molecule has 2 aromatic rings. The molecule has 0 radical (unpaired) electrons. The molecule has 1 aliphatic heterocycles. The molecule has 1 aromatic carbocycles. The van der Waals surface area contributed by atoms with Crippen LogP contribution >= 0.6 is 11.6 Å². The molecule has 1 aromatic heterocycles. The van der Waals surface area contributed by atoms with Gasteiger partial charge < -0.3 is 4.57 Å². The van der Waals surface area contributed by atoms with Gasteiger partial charge in [-0.2, -0.15) is 10.1 Å². The molecule has 1 fully saturated rings. The van der Waals surface area contributed by atoms with Gasteiger partial charge in [-0.25, -0.2) is 0 Å². The smallest absolute Gasteiger partial charge is 0.280 e. The number of amides is 1. The van der Waals surface area contributed by atoms with Crippen LogP contribution in [0.4, 0.5) is 5.69 Å². The lowest BCUT2D eigenvalue weighted by molar-refractivity contribution is -0.114. The van der Waals surface area contributed by atoms with E-state index in [2.05, 4.69) is 29.6 Å². The maximum Gasteiger partial charge on any atom is 0.280 e. The Morgan fingerprint density at radius 1 is 1.16 bits per heavy atom. The summed E-state index contributed by atoms with van der Waals surface area (Å²) in [6.07, 6.45) is 4.46. The topological polar surface area (TPSA) is 37.6 Å². The van der Waals surface area contributed by atoms with Gasteiger partial charge in [0.2, 0.25) is 0 Å². The average molecular weight is 354 g/mol. The van der Waals surface area contributed by atoms with Gasteiger partial charge in [0, 0.05) is 22.5 Å². The summed E-state index contributed by atoms with van der Waals surface area (Å²) in [5.74, 6) is -0.101. The Kier molecular flexibility index (Phi) is 3.80. The van der Waals surface area contributed by atoms with Crippen LogP contribution in [0, 0.1) is 13.8 Å². The third-order valence-electron chi connectivity index (χ3n) is 4.87. The summed E-state index contributed by atoms with van der Waals surface area (Å²) < 4.78 is 2.38. The first kappa shape index (κ1) is 16.2. The lowest BCUT2D eigenvalue weighted by Crippen LogP contribution is -2.21.